The van der Waals surface area contributed by atoms with E-state index < -0.39 is 17.7 Å². The van der Waals surface area contributed by atoms with Crippen LogP contribution in [0.3, 0.4) is 0 Å². The number of rotatable bonds is 9. The molecule has 1 saturated heterocycles. The molecule has 3 aromatic rings. The minimum Gasteiger partial charge on any atom is -0.507 e. The first-order valence-corrected chi connectivity index (χ1v) is 11.1. The number of hydrogen-bond donors (Lipinski definition) is 1. The number of aryl methyl sites for hydroxylation is 1. The van der Waals surface area contributed by atoms with Crippen molar-refractivity contribution in [1.82, 2.24) is 14.5 Å². The van der Waals surface area contributed by atoms with Crippen LogP contribution in [-0.2, 0) is 16.1 Å². The van der Waals surface area contributed by atoms with Crippen molar-refractivity contribution < 1.29 is 28.9 Å². The average Bonchev–Trinajstić information content (AvgIpc) is 3.50. The number of aliphatic hydroxyl groups excluding tert-OH is 1. The van der Waals surface area contributed by atoms with E-state index in [-0.39, 0.29) is 11.3 Å². The van der Waals surface area contributed by atoms with E-state index in [4.69, 9.17) is 14.2 Å². The summed E-state index contributed by atoms with van der Waals surface area (Å²) in [5, 5.41) is 11.2. The summed E-state index contributed by atoms with van der Waals surface area (Å²) in [6, 6.07) is 11.1. The van der Waals surface area contributed by atoms with Crippen LogP contribution in [0.1, 0.15) is 23.6 Å². The molecular formula is C26H27N3O6. The van der Waals surface area contributed by atoms with Crippen LogP contribution in [0.15, 0.2) is 66.8 Å². The third-order valence-electron chi connectivity index (χ3n) is 6.00. The predicted octanol–water partition coefficient (Wildman–Crippen LogP) is 3.42. The summed E-state index contributed by atoms with van der Waals surface area (Å²) in [5.41, 5.74) is 1.06. The number of ketones is 1. The van der Waals surface area contributed by atoms with Crippen molar-refractivity contribution in [3.8, 4) is 17.2 Å². The zero-order valence-corrected chi connectivity index (χ0v) is 19.8. The van der Waals surface area contributed by atoms with E-state index in [9.17, 15) is 14.7 Å². The lowest BCUT2D eigenvalue weighted by molar-refractivity contribution is -0.139. The molecule has 0 spiro atoms. The van der Waals surface area contributed by atoms with Crippen molar-refractivity contribution in [2.75, 3.05) is 27.9 Å². The number of benzene rings is 2. The number of carbonyl (C=O) groups is 2. The maximum absolute atomic E-state index is 13.2. The first-order valence-electron chi connectivity index (χ1n) is 11.1. The fraction of sp³-hybridized carbons (Fsp3) is 0.269. The van der Waals surface area contributed by atoms with Gasteiger partial charge >= 0.3 is 0 Å². The number of carbonyl (C=O) groups excluding carboxylic acids is 2. The number of aromatic nitrogens is 2. The zero-order valence-electron chi connectivity index (χ0n) is 19.8. The Kier molecular flexibility index (Phi) is 7.05. The molecular weight excluding hydrogens is 450 g/mol. The summed E-state index contributed by atoms with van der Waals surface area (Å²) in [6.07, 6.45) is 5.81. The Hall–Kier alpha value is -4.27. The lowest BCUT2D eigenvalue weighted by atomic mass is 9.95. The number of nitrogens with zero attached hydrogens (tertiary/aromatic N) is 3. The van der Waals surface area contributed by atoms with E-state index >= 15 is 0 Å². The third kappa shape index (κ3) is 4.70. The second-order valence-corrected chi connectivity index (χ2v) is 7.99. The minimum atomic E-state index is -0.792. The maximum atomic E-state index is 13.2. The second kappa shape index (κ2) is 10.3. The third-order valence-corrected chi connectivity index (χ3v) is 6.00. The summed E-state index contributed by atoms with van der Waals surface area (Å²) < 4.78 is 17.9. The Morgan fingerprint density at radius 3 is 2.34 bits per heavy atom. The van der Waals surface area contributed by atoms with Gasteiger partial charge in [0.05, 0.1) is 39.3 Å². The van der Waals surface area contributed by atoms with E-state index in [2.05, 4.69) is 4.98 Å². The van der Waals surface area contributed by atoms with Crippen molar-refractivity contribution in [1.29, 1.82) is 0 Å². The average molecular weight is 478 g/mol. The van der Waals surface area contributed by atoms with E-state index in [1.54, 1.807) is 62.1 Å². The summed E-state index contributed by atoms with van der Waals surface area (Å²) in [4.78, 5) is 31.9. The van der Waals surface area contributed by atoms with Crippen molar-refractivity contribution in [3.05, 3.63) is 77.9 Å². The number of hydrogen-bond acceptors (Lipinski definition) is 7. The Morgan fingerprint density at radius 1 is 0.971 bits per heavy atom. The SMILES string of the molecule is COc1ccc(/C(O)=C2\C(=O)C(=O)N(CCCn3ccnc3)C2c2ccc(OC)c(OC)c2)cc1. The topological polar surface area (TPSA) is 103 Å². The van der Waals surface area contributed by atoms with Crippen LogP contribution in [0.25, 0.3) is 5.76 Å². The molecule has 0 aliphatic carbocycles. The molecule has 2 aromatic carbocycles. The van der Waals surface area contributed by atoms with Gasteiger partial charge in [-0.05, 0) is 48.4 Å². The highest BCUT2D eigenvalue weighted by molar-refractivity contribution is 6.46. The minimum absolute atomic E-state index is 0.0232. The number of methoxy groups -OCH3 is 3. The molecule has 1 atom stereocenters. The first kappa shape index (κ1) is 23.9. The van der Waals surface area contributed by atoms with Gasteiger partial charge in [0.1, 0.15) is 11.5 Å². The zero-order chi connectivity index (χ0) is 24.9. The predicted molar refractivity (Wildman–Crippen MR) is 128 cm³/mol. The maximum Gasteiger partial charge on any atom is 0.295 e. The highest BCUT2D eigenvalue weighted by Gasteiger charge is 2.46. The molecule has 1 N–H and O–H groups in total. The molecule has 0 radical (unpaired) electrons. The van der Waals surface area contributed by atoms with Crippen molar-refractivity contribution in [2.24, 2.45) is 0 Å². The van der Waals surface area contributed by atoms with Gasteiger partial charge in [0.2, 0.25) is 0 Å². The first-order chi connectivity index (χ1) is 17.0. The van der Waals surface area contributed by atoms with Crippen molar-refractivity contribution in [2.45, 2.75) is 19.0 Å². The van der Waals surface area contributed by atoms with Crippen LogP contribution in [0, 0.1) is 0 Å². The van der Waals surface area contributed by atoms with Crippen LogP contribution < -0.4 is 14.2 Å². The van der Waals surface area contributed by atoms with Crippen molar-refractivity contribution >= 4 is 17.4 Å². The molecule has 2 heterocycles. The molecule has 9 nitrogen and oxygen atoms in total. The molecule has 1 unspecified atom stereocenters. The van der Waals surface area contributed by atoms with E-state index in [1.165, 1.54) is 19.1 Å². The fourth-order valence-corrected chi connectivity index (χ4v) is 4.23. The quantitative estimate of drug-likeness (QED) is 0.286. The number of imidazole rings is 1. The Labute approximate surface area is 203 Å². The molecule has 1 aromatic heterocycles. The Bertz CT molecular complexity index is 1230. The van der Waals surface area contributed by atoms with Gasteiger partial charge < -0.3 is 28.8 Å². The standard InChI is InChI=1S/C26H27N3O6/c1-33-19-8-5-17(6-9-19)24(30)22-23(18-7-10-20(34-2)21(15-18)35-3)29(26(32)25(22)31)13-4-12-28-14-11-27-16-28/h5-11,14-16,23,30H,4,12-13H2,1-3H3/b24-22+. The molecule has 182 valence electrons. The lowest BCUT2D eigenvalue weighted by Crippen LogP contribution is -2.31. The molecule has 1 amide bonds. The van der Waals surface area contributed by atoms with Crippen molar-refractivity contribution in [3.63, 3.8) is 0 Å². The normalized spacial score (nSPS) is 17.0. The fourth-order valence-electron chi connectivity index (χ4n) is 4.23. The number of likely N-dealkylation sites (tertiary alicyclic amines) is 1. The molecule has 0 saturated carbocycles. The highest BCUT2D eigenvalue weighted by atomic mass is 16.5. The number of aliphatic hydroxyl groups is 1. The lowest BCUT2D eigenvalue weighted by Gasteiger charge is -2.26. The molecule has 9 heteroatoms. The summed E-state index contributed by atoms with van der Waals surface area (Å²) in [6.45, 7) is 0.932. The van der Waals surface area contributed by atoms with Crippen LogP contribution in [0.5, 0.6) is 17.2 Å². The summed E-state index contributed by atoms with van der Waals surface area (Å²) in [7, 11) is 4.59. The van der Waals surface area contributed by atoms with Gasteiger partial charge in [0, 0.05) is 31.0 Å². The highest BCUT2D eigenvalue weighted by Crippen LogP contribution is 2.42. The second-order valence-electron chi connectivity index (χ2n) is 7.99. The molecule has 0 bridgehead atoms. The number of Topliss-reactive ketones (excluding diaryl/α,β-unsaturated/α-hetero) is 1. The van der Waals surface area contributed by atoms with Crippen LogP contribution >= 0.6 is 0 Å². The Balaban J connectivity index is 1.77. The molecule has 35 heavy (non-hydrogen) atoms. The smallest absolute Gasteiger partial charge is 0.295 e. The van der Waals surface area contributed by atoms with Gasteiger partial charge in [-0.25, -0.2) is 4.98 Å². The summed E-state index contributed by atoms with van der Waals surface area (Å²) >= 11 is 0. The van der Waals surface area contributed by atoms with Gasteiger partial charge in [-0.3, -0.25) is 9.59 Å². The van der Waals surface area contributed by atoms with Gasteiger partial charge in [-0.2, -0.15) is 0 Å². The summed E-state index contributed by atoms with van der Waals surface area (Å²) in [5.74, 6) is -0.0611. The molecule has 1 fully saturated rings. The Morgan fingerprint density at radius 2 is 1.71 bits per heavy atom. The van der Waals surface area contributed by atoms with E-state index in [0.717, 1.165) is 0 Å². The molecule has 4 rings (SSSR count). The monoisotopic (exact) mass is 477 g/mol. The van der Waals surface area contributed by atoms with Crippen LogP contribution in [0.4, 0.5) is 0 Å². The van der Waals surface area contributed by atoms with Gasteiger partial charge in [-0.1, -0.05) is 6.07 Å². The molecule has 1 aliphatic rings. The van der Waals surface area contributed by atoms with E-state index in [1.807, 2.05) is 10.8 Å². The largest absolute Gasteiger partial charge is 0.507 e. The number of amides is 1. The van der Waals surface area contributed by atoms with Crippen LogP contribution in [-0.4, -0.2) is 59.1 Å². The number of ether oxygens (including phenoxy) is 3. The van der Waals surface area contributed by atoms with Gasteiger partial charge in [0.15, 0.2) is 11.5 Å². The van der Waals surface area contributed by atoms with Gasteiger partial charge in [-0.15, -0.1) is 0 Å². The van der Waals surface area contributed by atoms with Gasteiger partial charge in [0.25, 0.3) is 11.7 Å². The molecule has 1 aliphatic heterocycles. The van der Waals surface area contributed by atoms with Crippen LogP contribution in [0.2, 0.25) is 0 Å². The van der Waals surface area contributed by atoms with E-state index in [0.29, 0.717) is 47.9 Å².